The Labute approximate surface area is 120 Å². The lowest BCUT2D eigenvalue weighted by Gasteiger charge is -2.29. The van der Waals surface area contributed by atoms with E-state index in [4.69, 9.17) is 0 Å². The van der Waals surface area contributed by atoms with Crippen LogP contribution in [0.5, 0.6) is 0 Å². The number of carbonyl (C=O) groups excluding carboxylic acids is 1. The first-order valence-corrected chi connectivity index (χ1v) is 7.00. The van der Waals surface area contributed by atoms with E-state index in [-0.39, 0.29) is 16.3 Å². The van der Waals surface area contributed by atoms with Crippen molar-refractivity contribution >= 4 is 32.9 Å². The number of nitrogens with zero attached hydrogens (tertiary/aromatic N) is 2. The highest BCUT2D eigenvalue weighted by Crippen LogP contribution is 2.19. The SMILES string of the molecule is CC(Br)C(C)(C)NC(=O)c1cccc2nccnc12. The number of halogens is 1. The van der Waals surface area contributed by atoms with Gasteiger partial charge in [0.15, 0.2) is 0 Å². The van der Waals surface area contributed by atoms with Gasteiger partial charge in [0.25, 0.3) is 5.91 Å². The predicted octanol–water partition coefficient (Wildman–Crippen LogP) is 2.92. The first-order chi connectivity index (χ1) is 8.92. The Morgan fingerprint density at radius 3 is 2.68 bits per heavy atom. The zero-order valence-corrected chi connectivity index (χ0v) is 12.7. The van der Waals surface area contributed by atoms with Crippen molar-refractivity contribution in [1.29, 1.82) is 0 Å². The molecule has 4 nitrogen and oxygen atoms in total. The molecule has 1 aromatic carbocycles. The molecule has 0 radical (unpaired) electrons. The van der Waals surface area contributed by atoms with Crippen molar-refractivity contribution in [2.75, 3.05) is 0 Å². The zero-order chi connectivity index (χ0) is 14.0. The summed E-state index contributed by atoms with van der Waals surface area (Å²) in [6.07, 6.45) is 3.21. The Hall–Kier alpha value is -1.49. The van der Waals surface area contributed by atoms with Gasteiger partial charge in [0.1, 0.15) is 5.52 Å². The van der Waals surface area contributed by atoms with Crippen LogP contribution in [-0.2, 0) is 0 Å². The second-order valence-corrected chi connectivity index (χ2v) is 6.39. The third-order valence-corrected chi connectivity index (χ3v) is 4.32. The molecule has 0 saturated carbocycles. The number of alkyl halides is 1. The number of hydrogen-bond donors (Lipinski definition) is 1. The summed E-state index contributed by atoms with van der Waals surface area (Å²) in [6.45, 7) is 5.95. The fraction of sp³-hybridized carbons (Fsp3) is 0.357. The molecule has 1 unspecified atom stereocenters. The summed E-state index contributed by atoms with van der Waals surface area (Å²) in [5.74, 6) is -0.137. The summed E-state index contributed by atoms with van der Waals surface area (Å²) >= 11 is 3.50. The zero-order valence-electron chi connectivity index (χ0n) is 11.1. The molecule has 19 heavy (non-hydrogen) atoms. The maximum absolute atomic E-state index is 12.4. The molecule has 1 heterocycles. The number of aromatic nitrogens is 2. The Kier molecular flexibility index (Phi) is 3.85. The van der Waals surface area contributed by atoms with Gasteiger partial charge in [0.2, 0.25) is 0 Å². The van der Waals surface area contributed by atoms with E-state index in [2.05, 4.69) is 31.2 Å². The largest absolute Gasteiger partial charge is 0.346 e. The van der Waals surface area contributed by atoms with E-state index in [0.717, 1.165) is 5.52 Å². The van der Waals surface area contributed by atoms with Crippen LogP contribution in [-0.4, -0.2) is 26.2 Å². The number of rotatable bonds is 3. The van der Waals surface area contributed by atoms with Gasteiger partial charge >= 0.3 is 0 Å². The van der Waals surface area contributed by atoms with E-state index < -0.39 is 0 Å². The summed E-state index contributed by atoms with van der Waals surface area (Å²) in [6, 6.07) is 5.43. The third kappa shape index (κ3) is 2.92. The van der Waals surface area contributed by atoms with E-state index >= 15 is 0 Å². The minimum atomic E-state index is -0.346. The smallest absolute Gasteiger partial charge is 0.254 e. The second kappa shape index (κ2) is 5.25. The molecule has 0 aliphatic carbocycles. The van der Waals surface area contributed by atoms with E-state index in [9.17, 15) is 4.79 Å². The molecule has 1 N–H and O–H groups in total. The van der Waals surface area contributed by atoms with Gasteiger partial charge in [-0.3, -0.25) is 14.8 Å². The van der Waals surface area contributed by atoms with Crippen molar-refractivity contribution in [3.63, 3.8) is 0 Å². The number of fused-ring (bicyclic) bond motifs is 1. The first kappa shape index (κ1) is 13.9. The van der Waals surface area contributed by atoms with Crippen LogP contribution >= 0.6 is 15.9 Å². The summed E-state index contributed by atoms with van der Waals surface area (Å²) in [7, 11) is 0. The molecular weight excluding hydrogens is 306 g/mol. The average Bonchev–Trinajstić information content (AvgIpc) is 2.37. The number of hydrogen-bond acceptors (Lipinski definition) is 3. The van der Waals surface area contributed by atoms with Crippen molar-refractivity contribution in [2.45, 2.75) is 31.1 Å². The van der Waals surface area contributed by atoms with Gasteiger partial charge in [0.05, 0.1) is 11.1 Å². The minimum absolute atomic E-state index is 0.137. The van der Waals surface area contributed by atoms with E-state index in [1.165, 1.54) is 0 Å². The molecule has 1 amide bonds. The van der Waals surface area contributed by atoms with Gasteiger partial charge in [-0.15, -0.1) is 0 Å². The Bertz CT molecular complexity index is 605. The molecule has 1 aromatic heterocycles. The maximum atomic E-state index is 12.4. The fourth-order valence-electron chi connectivity index (χ4n) is 1.64. The topological polar surface area (TPSA) is 54.9 Å². The number of nitrogens with one attached hydrogen (secondary N) is 1. The molecule has 2 aromatic rings. The fourth-order valence-corrected chi connectivity index (χ4v) is 1.75. The first-order valence-electron chi connectivity index (χ1n) is 6.08. The normalized spacial score (nSPS) is 13.3. The highest BCUT2D eigenvalue weighted by Gasteiger charge is 2.26. The van der Waals surface area contributed by atoms with Crippen molar-refractivity contribution in [1.82, 2.24) is 15.3 Å². The molecule has 0 spiro atoms. The predicted molar refractivity (Wildman–Crippen MR) is 79.5 cm³/mol. The molecule has 5 heteroatoms. The van der Waals surface area contributed by atoms with Crippen molar-refractivity contribution in [3.8, 4) is 0 Å². The quantitative estimate of drug-likeness (QED) is 0.884. The molecule has 0 bridgehead atoms. The van der Waals surface area contributed by atoms with Crippen LogP contribution < -0.4 is 5.32 Å². The van der Waals surface area contributed by atoms with Crippen LogP contribution in [0, 0.1) is 0 Å². The number of benzene rings is 1. The van der Waals surface area contributed by atoms with Crippen LogP contribution in [0.15, 0.2) is 30.6 Å². The van der Waals surface area contributed by atoms with Crippen molar-refractivity contribution in [3.05, 3.63) is 36.2 Å². The number of carbonyl (C=O) groups is 1. The maximum Gasteiger partial charge on any atom is 0.254 e. The molecular formula is C14H16BrN3O. The molecule has 1 atom stereocenters. The van der Waals surface area contributed by atoms with Gasteiger partial charge < -0.3 is 5.32 Å². The van der Waals surface area contributed by atoms with Gasteiger partial charge in [-0.2, -0.15) is 0 Å². The van der Waals surface area contributed by atoms with Crippen LogP contribution in [0.4, 0.5) is 0 Å². The molecule has 100 valence electrons. The monoisotopic (exact) mass is 321 g/mol. The van der Waals surface area contributed by atoms with Crippen LogP contribution in [0.1, 0.15) is 31.1 Å². The van der Waals surface area contributed by atoms with Gasteiger partial charge in [-0.25, -0.2) is 0 Å². The number of para-hydroxylation sites is 1. The molecule has 0 aliphatic rings. The molecule has 0 fully saturated rings. The Morgan fingerprint density at radius 1 is 1.32 bits per heavy atom. The van der Waals surface area contributed by atoms with E-state index in [1.54, 1.807) is 18.5 Å². The summed E-state index contributed by atoms with van der Waals surface area (Å²) in [4.78, 5) is 21.0. The lowest BCUT2D eigenvalue weighted by Crippen LogP contribution is -2.48. The Morgan fingerprint density at radius 2 is 2.00 bits per heavy atom. The number of amides is 1. The van der Waals surface area contributed by atoms with E-state index in [1.807, 2.05) is 32.9 Å². The Balaban J connectivity index is 2.37. The minimum Gasteiger partial charge on any atom is -0.346 e. The van der Waals surface area contributed by atoms with Gasteiger partial charge in [0, 0.05) is 22.8 Å². The van der Waals surface area contributed by atoms with Crippen LogP contribution in [0.2, 0.25) is 0 Å². The highest BCUT2D eigenvalue weighted by atomic mass is 79.9. The molecule has 2 rings (SSSR count). The molecule has 0 saturated heterocycles. The van der Waals surface area contributed by atoms with Crippen molar-refractivity contribution in [2.24, 2.45) is 0 Å². The van der Waals surface area contributed by atoms with Gasteiger partial charge in [-0.05, 0) is 26.0 Å². The highest BCUT2D eigenvalue weighted by molar-refractivity contribution is 9.09. The third-order valence-electron chi connectivity index (χ3n) is 3.17. The van der Waals surface area contributed by atoms with Crippen LogP contribution in [0.25, 0.3) is 11.0 Å². The molecule has 0 aliphatic heterocycles. The summed E-state index contributed by atoms with van der Waals surface area (Å²) in [5, 5.41) is 3.01. The lowest BCUT2D eigenvalue weighted by molar-refractivity contribution is 0.0915. The lowest BCUT2D eigenvalue weighted by atomic mass is 10.0. The average molecular weight is 322 g/mol. The van der Waals surface area contributed by atoms with Crippen molar-refractivity contribution < 1.29 is 4.79 Å². The summed E-state index contributed by atoms with van der Waals surface area (Å²) < 4.78 is 0. The second-order valence-electron chi connectivity index (χ2n) is 5.02. The van der Waals surface area contributed by atoms with Gasteiger partial charge in [-0.1, -0.05) is 28.9 Å². The standard InChI is InChI=1S/C14H16BrN3O/c1-9(15)14(2,3)18-13(19)10-5-4-6-11-12(10)17-8-7-16-11/h4-9H,1-3H3,(H,18,19). The van der Waals surface area contributed by atoms with E-state index in [0.29, 0.717) is 11.1 Å². The van der Waals surface area contributed by atoms with Crippen LogP contribution in [0.3, 0.4) is 0 Å². The summed E-state index contributed by atoms with van der Waals surface area (Å²) in [5.41, 5.74) is 1.55.